The fourth-order valence-corrected chi connectivity index (χ4v) is 3.25. The Morgan fingerprint density at radius 2 is 2.32 bits per heavy atom. The molecule has 0 saturated carbocycles. The first-order valence-corrected chi connectivity index (χ1v) is 8.50. The molecule has 4 nitrogen and oxygen atoms in total. The van der Waals surface area contributed by atoms with E-state index in [4.69, 9.17) is 4.74 Å². The minimum atomic E-state index is -0.703. The van der Waals surface area contributed by atoms with Crippen molar-refractivity contribution in [3.8, 4) is 0 Å². The molecule has 0 bridgehead atoms. The SMILES string of the molecule is Cc1ccc(Br)cc1C(O)c1cn(CC2CCCCO2)cn1. The summed E-state index contributed by atoms with van der Waals surface area (Å²) in [4.78, 5) is 4.37. The number of benzene rings is 1. The van der Waals surface area contributed by atoms with Gasteiger partial charge in [0.25, 0.3) is 0 Å². The Hall–Kier alpha value is -1.17. The lowest BCUT2D eigenvalue weighted by Crippen LogP contribution is -2.23. The van der Waals surface area contributed by atoms with E-state index >= 15 is 0 Å². The monoisotopic (exact) mass is 364 g/mol. The lowest BCUT2D eigenvalue weighted by atomic mass is 10.0. The summed E-state index contributed by atoms with van der Waals surface area (Å²) in [5, 5.41) is 10.6. The Labute approximate surface area is 139 Å². The van der Waals surface area contributed by atoms with Crippen molar-refractivity contribution in [2.45, 2.75) is 44.9 Å². The van der Waals surface area contributed by atoms with E-state index in [0.29, 0.717) is 5.69 Å². The molecule has 5 heteroatoms. The van der Waals surface area contributed by atoms with E-state index < -0.39 is 6.10 Å². The molecule has 118 valence electrons. The molecular formula is C17H21BrN2O2. The molecule has 1 saturated heterocycles. The van der Waals surface area contributed by atoms with E-state index in [1.807, 2.05) is 35.9 Å². The van der Waals surface area contributed by atoms with Crippen molar-refractivity contribution in [3.05, 3.63) is 52.0 Å². The van der Waals surface area contributed by atoms with Crippen LogP contribution < -0.4 is 0 Å². The first kappa shape index (κ1) is 15.7. The summed E-state index contributed by atoms with van der Waals surface area (Å²) in [5.74, 6) is 0. The van der Waals surface area contributed by atoms with Crippen LogP contribution in [0.5, 0.6) is 0 Å². The van der Waals surface area contributed by atoms with Gasteiger partial charge < -0.3 is 14.4 Å². The predicted molar refractivity (Wildman–Crippen MR) is 88.8 cm³/mol. The summed E-state index contributed by atoms with van der Waals surface area (Å²) in [6.07, 6.45) is 6.75. The van der Waals surface area contributed by atoms with Crippen LogP contribution in [0.4, 0.5) is 0 Å². The number of halogens is 1. The van der Waals surface area contributed by atoms with Crippen LogP contribution >= 0.6 is 15.9 Å². The van der Waals surface area contributed by atoms with Crippen molar-refractivity contribution in [1.82, 2.24) is 9.55 Å². The van der Waals surface area contributed by atoms with Gasteiger partial charge in [0.2, 0.25) is 0 Å². The number of nitrogens with zero attached hydrogens (tertiary/aromatic N) is 2. The third kappa shape index (κ3) is 3.59. The second kappa shape index (κ2) is 6.94. The minimum absolute atomic E-state index is 0.264. The molecular weight excluding hydrogens is 344 g/mol. The van der Waals surface area contributed by atoms with Gasteiger partial charge in [-0.25, -0.2) is 4.98 Å². The van der Waals surface area contributed by atoms with Gasteiger partial charge in [-0.05, 0) is 49.4 Å². The summed E-state index contributed by atoms with van der Waals surface area (Å²) >= 11 is 3.45. The van der Waals surface area contributed by atoms with Crippen molar-refractivity contribution in [2.75, 3.05) is 6.61 Å². The normalized spacial score (nSPS) is 20.0. The number of aromatic nitrogens is 2. The minimum Gasteiger partial charge on any atom is -0.382 e. The molecule has 2 aromatic rings. The number of rotatable bonds is 4. The fraction of sp³-hybridized carbons (Fsp3) is 0.471. The maximum atomic E-state index is 10.6. The summed E-state index contributed by atoms with van der Waals surface area (Å²) < 4.78 is 8.73. The highest BCUT2D eigenvalue weighted by molar-refractivity contribution is 9.10. The highest BCUT2D eigenvalue weighted by atomic mass is 79.9. The van der Waals surface area contributed by atoms with Crippen LogP contribution in [0.3, 0.4) is 0 Å². The smallest absolute Gasteiger partial charge is 0.123 e. The zero-order valence-corrected chi connectivity index (χ0v) is 14.3. The molecule has 2 atom stereocenters. The molecule has 1 aliphatic heterocycles. The molecule has 2 unspecified atom stereocenters. The van der Waals surface area contributed by atoms with Gasteiger partial charge in [0.05, 0.1) is 18.1 Å². The third-order valence-corrected chi connectivity index (χ3v) is 4.65. The van der Waals surface area contributed by atoms with Crippen LogP contribution in [0, 0.1) is 6.92 Å². The highest BCUT2D eigenvalue weighted by Gasteiger charge is 2.18. The van der Waals surface area contributed by atoms with Crippen LogP contribution in [0.25, 0.3) is 0 Å². The van der Waals surface area contributed by atoms with Gasteiger partial charge >= 0.3 is 0 Å². The quantitative estimate of drug-likeness (QED) is 0.901. The second-order valence-electron chi connectivity index (χ2n) is 5.89. The molecule has 1 N–H and O–H groups in total. The number of aliphatic hydroxyl groups excluding tert-OH is 1. The standard InChI is InChI=1S/C17H21BrN2O2/c1-12-5-6-13(18)8-15(12)17(21)16-10-20(11-19-16)9-14-4-2-3-7-22-14/h5-6,8,10-11,14,17,21H,2-4,7,9H2,1H3. The van der Waals surface area contributed by atoms with Gasteiger partial charge in [0.1, 0.15) is 6.10 Å². The van der Waals surface area contributed by atoms with E-state index in [-0.39, 0.29) is 6.10 Å². The van der Waals surface area contributed by atoms with Crippen molar-refractivity contribution >= 4 is 15.9 Å². The molecule has 0 amide bonds. The zero-order chi connectivity index (χ0) is 15.5. The average Bonchev–Trinajstić information content (AvgIpc) is 2.98. The van der Waals surface area contributed by atoms with Crippen LogP contribution in [-0.2, 0) is 11.3 Å². The van der Waals surface area contributed by atoms with Crippen LogP contribution in [0.15, 0.2) is 35.2 Å². The second-order valence-corrected chi connectivity index (χ2v) is 6.80. The Bertz CT molecular complexity index is 635. The molecule has 1 aromatic heterocycles. The summed E-state index contributed by atoms with van der Waals surface area (Å²) in [6, 6.07) is 5.92. The third-order valence-electron chi connectivity index (χ3n) is 4.16. The maximum Gasteiger partial charge on any atom is 0.123 e. The number of ether oxygens (including phenoxy) is 1. The molecule has 0 spiro atoms. The number of hydrogen-bond donors (Lipinski definition) is 1. The maximum absolute atomic E-state index is 10.6. The average molecular weight is 365 g/mol. The van der Waals surface area contributed by atoms with Crippen LogP contribution in [0.1, 0.15) is 42.2 Å². The zero-order valence-electron chi connectivity index (χ0n) is 12.7. The Balaban J connectivity index is 1.73. The van der Waals surface area contributed by atoms with E-state index in [2.05, 4.69) is 20.9 Å². The first-order chi connectivity index (χ1) is 10.6. The van der Waals surface area contributed by atoms with Crippen molar-refractivity contribution in [1.29, 1.82) is 0 Å². The molecule has 1 aromatic carbocycles. The van der Waals surface area contributed by atoms with Gasteiger partial charge in [-0.15, -0.1) is 0 Å². The topological polar surface area (TPSA) is 47.3 Å². The summed E-state index contributed by atoms with van der Waals surface area (Å²) in [5.41, 5.74) is 2.62. The van der Waals surface area contributed by atoms with E-state index in [1.165, 1.54) is 6.42 Å². The number of aliphatic hydroxyl groups is 1. The molecule has 1 fully saturated rings. The summed E-state index contributed by atoms with van der Waals surface area (Å²) in [7, 11) is 0. The van der Waals surface area contributed by atoms with E-state index in [1.54, 1.807) is 6.33 Å². The van der Waals surface area contributed by atoms with Gasteiger partial charge in [-0.3, -0.25) is 0 Å². The molecule has 22 heavy (non-hydrogen) atoms. The number of imidazole rings is 1. The van der Waals surface area contributed by atoms with Crippen LogP contribution in [-0.4, -0.2) is 27.4 Å². The first-order valence-electron chi connectivity index (χ1n) is 7.71. The number of hydrogen-bond acceptors (Lipinski definition) is 3. The molecule has 0 aliphatic carbocycles. The molecule has 3 rings (SSSR count). The molecule has 2 heterocycles. The van der Waals surface area contributed by atoms with Crippen molar-refractivity contribution in [3.63, 3.8) is 0 Å². The fourth-order valence-electron chi connectivity index (χ4n) is 2.87. The Kier molecular flexibility index (Phi) is 4.96. The van der Waals surface area contributed by atoms with Gasteiger partial charge in [0.15, 0.2) is 0 Å². The predicted octanol–water partition coefficient (Wildman–Crippen LogP) is 3.60. The summed E-state index contributed by atoms with van der Waals surface area (Å²) in [6.45, 7) is 3.65. The van der Waals surface area contributed by atoms with Crippen LogP contribution in [0.2, 0.25) is 0 Å². The van der Waals surface area contributed by atoms with Crippen molar-refractivity contribution in [2.24, 2.45) is 0 Å². The number of aryl methyl sites for hydroxylation is 1. The highest BCUT2D eigenvalue weighted by Crippen LogP contribution is 2.26. The Morgan fingerprint density at radius 3 is 3.09 bits per heavy atom. The van der Waals surface area contributed by atoms with Gasteiger partial charge in [-0.2, -0.15) is 0 Å². The van der Waals surface area contributed by atoms with Gasteiger partial charge in [0, 0.05) is 23.8 Å². The lowest BCUT2D eigenvalue weighted by Gasteiger charge is -2.22. The van der Waals surface area contributed by atoms with E-state index in [0.717, 1.165) is 41.6 Å². The lowest BCUT2D eigenvalue weighted by molar-refractivity contribution is 0.00594. The van der Waals surface area contributed by atoms with Crippen molar-refractivity contribution < 1.29 is 9.84 Å². The molecule has 0 radical (unpaired) electrons. The van der Waals surface area contributed by atoms with Gasteiger partial charge in [-0.1, -0.05) is 22.0 Å². The Morgan fingerprint density at radius 1 is 1.45 bits per heavy atom. The molecule has 1 aliphatic rings. The largest absolute Gasteiger partial charge is 0.382 e. The van der Waals surface area contributed by atoms with E-state index in [9.17, 15) is 5.11 Å².